The zero-order valence-electron chi connectivity index (χ0n) is 25.8. The van der Waals surface area contributed by atoms with Crippen molar-refractivity contribution in [1.82, 2.24) is 0 Å². The van der Waals surface area contributed by atoms with Gasteiger partial charge in [-0.1, -0.05) is 85.3 Å². The molecule has 4 aromatic carbocycles. The topological polar surface area (TPSA) is 134 Å². The first-order valence-corrected chi connectivity index (χ1v) is 18.5. The quantitative estimate of drug-likeness (QED) is 0.131. The van der Waals surface area contributed by atoms with Gasteiger partial charge in [0.15, 0.2) is 12.5 Å². The van der Waals surface area contributed by atoms with E-state index in [2.05, 4.69) is 0 Å². The van der Waals surface area contributed by atoms with Gasteiger partial charge in [0.2, 0.25) is 0 Å². The minimum atomic E-state index is -4.25. The molecule has 0 amide bonds. The van der Waals surface area contributed by atoms with Crippen molar-refractivity contribution in [3.63, 3.8) is 0 Å². The van der Waals surface area contributed by atoms with Crippen LogP contribution in [0.25, 0.3) is 22.3 Å². The Morgan fingerprint density at radius 3 is 1.68 bits per heavy atom. The first-order valence-electron chi connectivity index (χ1n) is 15.3. The molecule has 0 saturated carbocycles. The second-order valence-electron chi connectivity index (χ2n) is 11.5. The van der Waals surface area contributed by atoms with Crippen molar-refractivity contribution >= 4 is 31.6 Å². The fourth-order valence-corrected chi connectivity index (χ4v) is 6.83. The molecule has 2 unspecified atom stereocenters. The van der Waals surface area contributed by atoms with Crippen molar-refractivity contribution in [2.45, 2.75) is 32.2 Å². The Balaban J connectivity index is 1.29. The summed E-state index contributed by atoms with van der Waals surface area (Å²) in [6.45, 7) is 2.00. The van der Waals surface area contributed by atoms with Gasteiger partial charge in [0.1, 0.15) is 11.5 Å². The van der Waals surface area contributed by atoms with E-state index >= 15 is 0 Å². The average Bonchev–Trinajstić information content (AvgIpc) is 3.58. The van der Waals surface area contributed by atoms with Crippen LogP contribution in [0.15, 0.2) is 109 Å². The first kappa shape index (κ1) is 32.6. The molecule has 2 aliphatic rings. The monoisotopic (exact) mass is 676 g/mol. The van der Waals surface area contributed by atoms with Gasteiger partial charge in [0.25, 0.3) is 20.2 Å². The molecule has 12 heteroatoms. The number of ether oxygens (including phenoxy) is 2. The smallest absolute Gasteiger partial charge is 0.266 e. The molecule has 0 saturated heterocycles. The molecule has 10 nitrogen and oxygen atoms in total. The summed E-state index contributed by atoms with van der Waals surface area (Å²) in [6, 6.07) is 31.1. The van der Waals surface area contributed by atoms with Gasteiger partial charge in [0.05, 0.1) is 22.9 Å². The van der Waals surface area contributed by atoms with Crippen molar-refractivity contribution in [3.05, 3.63) is 109 Å². The molecule has 0 aliphatic carbocycles. The number of benzene rings is 4. The van der Waals surface area contributed by atoms with Crippen molar-refractivity contribution < 1.29 is 35.4 Å². The normalized spacial score (nSPS) is 17.6. The third-order valence-electron chi connectivity index (χ3n) is 8.37. The van der Waals surface area contributed by atoms with E-state index in [0.29, 0.717) is 30.0 Å². The van der Waals surface area contributed by atoms with Crippen molar-refractivity contribution in [2.24, 2.45) is 0 Å². The predicted molar refractivity (Wildman–Crippen MR) is 183 cm³/mol. The van der Waals surface area contributed by atoms with Crippen LogP contribution < -0.4 is 19.3 Å². The molecule has 4 aromatic rings. The van der Waals surface area contributed by atoms with Crippen LogP contribution in [-0.4, -0.2) is 63.0 Å². The molecule has 2 aliphatic heterocycles. The molecule has 0 fully saturated rings. The van der Waals surface area contributed by atoms with Gasteiger partial charge in [-0.25, -0.2) is 0 Å². The molecule has 0 radical (unpaired) electrons. The number of nitrogens with zero attached hydrogens (tertiary/aromatic N) is 2. The number of rotatable bonds is 12. The van der Waals surface area contributed by atoms with Crippen LogP contribution in [-0.2, 0) is 20.2 Å². The lowest BCUT2D eigenvalue weighted by atomic mass is 10.0. The summed E-state index contributed by atoms with van der Waals surface area (Å²) in [5, 5.41) is 0. The van der Waals surface area contributed by atoms with E-state index in [1.807, 2.05) is 120 Å². The van der Waals surface area contributed by atoms with Crippen LogP contribution in [0.5, 0.6) is 11.5 Å². The lowest BCUT2D eigenvalue weighted by molar-refractivity contribution is 0.222. The Bertz CT molecular complexity index is 1980. The summed E-state index contributed by atoms with van der Waals surface area (Å²) in [5.74, 6) is 0.241. The Hall–Kier alpha value is -4.36. The van der Waals surface area contributed by atoms with E-state index in [1.165, 1.54) is 0 Å². The molecule has 47 heavy (non-hydrogen) atoms. The molecule has 0 spiro atoms. The number of fused-ring (bicyclic) bond motifs is 2. The van der Waals surface area contributed by atoms with E-state index in [0.717, 1.165) is 33.5 Å². The van der Waals surface area contributed by atoms with Gasteiger partial charge < -0.3 is 19.3 Å². The lowest BCUT2D eigenvalue weighted by Crippen LogP contribution is -2.39. The van der Waals surface area contributed by atoms with Crippen molar-refractivity contribution in [2.75, 3.05) is 34.4 Å². The summed E-state index contributed by atoms with van der Waals surface area (Å²) >= 11 is 0. The van der Waals surface area contributed by atoms with E-state index in [1.54, 1.807) is 0 Å². The largest absolute Gasteiger partial charge is 0.468 e. The van der Waals surface area contributed by atoms with E-state index in [4.69, 9.17) is 9.47 Å². The molecule has 2 heterocycles. The Morgan fingerprint density at radius 2 is 1.17 bits per heavy atom. The maximum atomic E-state index is 11.8. The summed E-state index contributed by atoms with van der Waals surface area (Å²) in [4.78, 5) is 3.67. The summed E-state index contributed by atoms with van der Waals surface area (Å²) in [6.07, 6.45) is 1.69. The van der Waals surface area contributed by atoms with E-state index < -0.39 is 44.2 Å². The Morgan fingerprint density at radius 1 is 0.681 bits per heavy atom. The van der Waals surface area contributed by atoms with Gasteiger partial charge in [-0.15, -0.1) is 0 Å². The lowest BCUT2D eigenvalue weighted by Gasteiger charge is -2.27. The van der Waals surface area contributed by atoms with Gasteiger partial charge in [-0.2, -0.15) is 16.8 Å². The van der Waals surface area contributed by atoms with Crippen molar-refractivity contribution in [3.8, 4) is 33.8 Å². The van der Waals surface area contributed by atoms with E-state index in [-0.39, 0.29) is 13.1 Å². The highest BCUT2D eigenvalue weighted by molar-refractivity contribution is 7.86. The van der Waals surface area contributed by atoms with E-state index in [9.17, 15) is 25.9 Å². The van der Waals surface area contributed by atoms with Crippen LogP contribution in [0, 0.1) is 0 Å². The number of hydrogen-bond acceptors (Lipinski definition) is 8. The molecule has 2 atom stereocenters. The summed E-state index contributed by atoms with van der Waals surface area (Å²) in [7, 11) is -8.49. The van der Waals surface area contributed by atoms with Gasteiger partial charge in [-0.3, -0.25) is 9.11 Å². The Kier molecular flexibility index (Phi) is 9.29. The summed E-state index contributed by atoms with van der Waals surface area (Å²) in [5.41, 5.74) is 6.24. The molecule has 6 rings (SSSR count). The SMILES string of the molecule is CC/C(=C\C1Oc2ccc(-c3ccccc3)cc2N1CCS(=O)(=O)O)CC1Oc2ccc(-c3ccccc3)cc2N1CCS(=O)(=O)O. The molecule has 2 N–H and O–H groups in total. The fraction of sp³-hybridized carbons (Fsp3) is 0.257. The highest BCUT2D eigenvalue weighted by atomic mass is 32.2. The second kappa shape index (κ2) is 13.4. The minimum Gasteiger partial charge on any atom is -0.468 e. The minimum absolute atomic E-state index is 0.00362. The molecule has 0 bridgehead atoms. The number of hydrogen-bond donors (Lipinski definition) is 2. The maximum Gasteiger partial charge on any atom is 0.266 e. The highest BCUT2D eigenvalue weighted by Gasteiger charge is 2.35. The van der Waals surface area contributed by atoms with Crippen LogP contribution in [0.4, 0.5) is 11.4 Å². The van der Waals surface area contributed by atoms with Crippen LogP contribution >= 0.6 is 0 Å². The van der Waals surface area contributed by atoms with Crippen LogP contribution in [0.3, 0.4) is 0 Å². The Labute approximate surface area is 275 Å². The maximum absolute atomic E-state index is 11.8. The fourth-order valence-electron chi connectivity index (χ4n) is 5.97. The van der Waals surface area contributed by atoms with Gasteiger partial charge in [-0.05, 0) is 59.0 Å². The van der Waals surface area contributed by atoms with Gasteiger partial charge >= 0.3 is 0 Å². The number of anilines is 2. The van der Waals surface area contributed by atoms with Gasteiger partial charge in [0, 0.05) is 19.5 Å². The third-order valence-corrected chi connectivity index (χ3v) is 9.76. The predicted octanol–water partition coefficient (Wildman–Crippen LogP) is 6.27. The summed E-state index contributed by atoms with van der Waals surface area (Å²) < 4.78 is 79.0. The van der Waals surface area contributed by atoms with Crippen LogP contribution in [0.1, 0.15) is 19.8 Å². The molecular weight excluding hydrogens is 641 g/mol. The van der Waals surface area contributed by atoms with Crippen molar-refractivity contribution in [1.29, 1.82) is 0 Å². The third kappa shape index (κ3) is 7.79. The zero-order valence-corrected chi connectivity index (χ0v) is 27.4. The highest BCUT2D eigenvalue weighted by Crippen LogP contribution is 2.43. The molecule has 246 valence electrons. The average molecular weight is 677 g/mol. The zero-order chi connectivity index (χ0) is 33.2. The molecular formula is C35H36N2O8S2. The standard InChI is InChI=1S/C35H36N2O8S2/c1-2-25(21-34-36(17-19-46(38,39)40)30-23-28(13-15-32(30)44-34)26-9-5-3-6-10-26)22-35-37(18-20-47(41,42)43)31-24-29(14-16-33(31)45-35)27-11-7-4-8-12-27/h3-16,21,23-24,34-35H,2,17-20,22H2,1H3,(H,38,39,40)(H,41,42,43)/b25-21+. The van der Waals surface area contributed by atoms with Crippen LogP contribution in [0.2, 0.25) is 0 Å². The first-order chi connectivity index (χ1) is 22.5. The molecule has 0 aromatic heterocycles. The second-order valence-corrected chi connectivity index (χ2v) is 14.7.